The van der Waals surface area contributed by atoms with Crippen molar-refractivity contribution < 1.29 is 19.1 Å². The van der Waals surface area contributed by atoms with Crippen LogP contribution in [-0.2, 0) is 14.4 Å². The number of piperidine rings is 1. The molecule has 0 spiro atoms. The highest BCUT2D eigenvalue weighted by atomic mass is 16.5. The summed E-state index contributed by atoms with van der Waals surface area (Å²) in [4.78, 5) is 37.7. The Kier molecular flexibility index (Phi) is 5.30. The Bertz CT molecular complexity index is 710. The largest absolute Gasteiger partial charge is 0.496 e. The summed E-state index contributed by atoms with van der Waals surface area (Å²) in [5.41, 5.74) is 0.457. The highest BCUT2D eigenvalue weighted by molar-refractivity contribution is 6.05. The molecule has 2 fully saturated rings. The minimum absolute atomic E-state index is 0.0665. The summed E-state index contributed by atoms with van der Waals surface area (Å²) < 4.78 is 5.45. The first-order valence-electron chi connectivity index (χ1n) is 9.18. The maximum Gasteiger partial charge on any atom is 0.233 e. The van der Waals surface area contributed by atoms with Crippen molar-refractivity contribution in [3.05, 3.63) is 29.8 Å². The quantitative estimate of drug-likeness (QED) is 0.819. The number of nitrogens with zero attached hydrogens (tertiary/aromatic N) is 1. The Morgan fingerprint density at radius 2 is 1.96 bits per heavy atom. The van der Waals surface area contributed by atoms with Crippen molar-refractivity contribution in [2.24, 2.45) is 5.41 Å². The van der Waals surface area contributed by atoms with Crippen molar-refractivity contribution in [1.29, 1.82) is 0 Å². The van der Waals surface area contributed by atoms with Gasteiger partial charge in [-0.25, -0.2) is 0 Å². The second-order valence-corrected chi connectivity index (χ2v) is 7.51. The van der Waals surface area contributed by atoms with Crippen LogP contribution < -0.4 is 10.1 Å². The molecule has 1 atom stereocenters. The molecule has 0 aliphatic carbocycles. The molecule has 6 heteroatoms. The second-order valence-electron chi connectivity index (χ2n) is 7.51. The number of nitrogens with one attached hydrogen (secondary N) is 1. The van der Waals surface area contributed by atoms with Gasteiger partial charge in [-0.15, -0.1) is 0 Å². The van der Waals surface area contributed by atoms with Crippen LogP contribution in [0, 0.1) is 5.41 Å². The summed E-state index contributed by atoms with van der Waals surface area (Å²) >= 11 is 0. The lowest BCUT2D eigenvalue weighted by Gasteiger charge is -2.33. The van der Waals surface area contributed by atoms with E-state index in [1.807, 2.05) is 23.1 Å². The third-order valence-corrected chi connectivity index (χ3v) is 5.67. The highest BCUT2D eigenvalue weighted by Crippen LogP contribution is 2.35. The van der Waals surface area contributed by atoms with Crippen LogP contribution in [0.4, 0.5) is 0 Å². The fraction of sp³-hybridized carbons (Fsp3) is 0.550. The van der Waals surface area contributed by atoms with Gasteiger partial charge in [-0.1, -0.05) is 25.1 Å². The predicted octanol–water partition coefficient (Wildman–Crippen LogP) is 2.23. The van der Waals surface area contributed by atoms with Crippen molar-refractivity contribution in [2.75, 3.05) is 20.2 Å². The molecule has 2 aliphatic rings. The zero-order valence-corrected chi connectivity index (χ0v) is 15.4. The Morgan fingerprint density at radius 1 is 1.27 bits per heavy atom. The molecule has 2 heterocycles. The topological polar surface area (TPSA) is 75.7 Å². The van der Waals surface area contributed by atoms with E-state index >= 15 is 0 Å². The molecule has 1 unspecified atom stereocenters. The number of hydrogen-bond donors (Lipinski definition) is 1. The van der Waals surface area contributed by atoms with Gasteiger partial charge in [0, 0.05) is 25.9 Å². The van der Waals surface area contributed by atoms with Crippen LogP contribution in [-0.4, -0.2) is 42.8 Å². The van der Waals surface area contributed by atoms with Gasteiger partial charge in [0.2, 0.25) is 17.7 Å². The van der Waals surface area contributed by atoms with Crippen LogP contribution in [0.3, 0.4) is 0 Å². The number of amides is 3. The van der Waals surface area contributed by atoms with Crippen molar-refractivity contribution in [2.45, 2.75) is 44.9 Å². The maximum atomic E-state index is 12.5. The number of carbonyl (C=O) groups excluding carboxylic acids is 3. The molecule has 3 rings (SSSR count). The summed E-state index contributed by atoms with van der Waals surface area (Å²) in [6, 6.07) is 8.05. The molecular formula is C20H26N2O4. The Labute approximate surface area is 153 Å². The van der Waals surface area contributed by atoms with Crippen LogP contribution in [0.1, 0.15) is 50.5 Å². The molecule has 0 saturated carbocycles. The molecule has 3 amide bonds. The van der Waals surface area contributed by atoms with Crippen molar-refractivity contribution in [3.63, 3.8) is 0 Å². The van der Waals surface area contributed by atoms with Crippen molar-refractivity contribution in [3.8, 4) is 5.75 Å². The number of carbonyl (C=O) groups is 3. The van der Waals surface area contributed by atoms with E-state index in [4.69, 9.17) is 4.74 Å². The van der Waals surface area contributed by atoms with E-state index in [2.05, 4.69) is 11.4 Å². The van der Waals surface area contributed by atoms with Gasteiger partial charge < -0.3 is 9.64 Å². The van der Waals surface area contributed by atoms with Crippen LogP contribution in [0.2, 0.25) is 0 Å². The average molecular weight is 358 g/mol. The van der Waals surface area contributed by atoms with E-state index in [0.29, 0.717) is 31.8 Å². The molecule has 1 aromatic carbocycles. The van der Waals surface area contributed by atoms with E-state index in [9.17, 15) is 14.4 Å². The lowest BCUT2D eigenvalue weighted by molar-refractivity contribution is -0.133. The van der Waals surface area contributed by atoms with E-state index in [0.717, 1.165) is 18.6 Å². The number of rotatable bonds is 5. The first kappa shape index (κ1) is 18.4. The van der Waals surface area contributed by atoms with Crippen LogP contribution in [0.25, 0.3) is 0 Å². The normalized spacial score (nSPS) is 23.8. The summed E-state index contributed by atoms with van der Waals surface area (Å²) in [7, 11) is 1.68. The van der Waals surface area contributed by atoms with Gasteiger partial charge in [-0.3, -0.25) is 19.7 Å². The van der Waals surface area contributed by atoms with Crippen LogP contribution in [0.5, 0.6) is 5.75 Å². The Morgan fingerprint density at radius 3 is 2.58 bits per heavy atom. The van der Waals surface area contributed by atoms with Gasteiger partial charge >= 0.3 is 0 Å². The molecule has 140 valence electrons. The number of para-hydroxylation sites is 1. The minimum Gasteiger partial charge on any atom is -0.496 e. The van der Waals surface area contributed by atoms with Crippen LogP contribution >= 0.6 is 0 Å². The zero-order chi connectivity index (χ0) is 18.7. The molecule has 0 bridgehead atoms. The lowest BCUT2D eigenvalue weighted by Crippen LogP contribution is -2.39. The first-order chi connectivity index (χ1) is 12.4. The molecule has 1 N–H and O–H groups in total. The van der Waals surface area contributed by atoms with Gasteiger partial charge in [-0.05, 0) is 36.8 Å². The molecule has 1 aromatic rings. The third-order valence-electron chi connectivity index (χ3n) is 5.67. The van der Waals surface area contributed by atoms with E-state index in [-0.39, 0.29) is 24.1 Å². The van der Waals surface area contributed by atoms with Crippen LogP contribution in [0.15, 0.2) is 24.3 Å². The average Bonchev–Trinajstić information content (AvgIpc) is 2.92. The van der Waals surface area contributed by atoms with Gasteiger partial charge in [0.25, 0.3) is 0 Å². The number of likely N-dealkylation sites (tertiary alicyclic amines) is 1. The van der Waals surface area contributed by atoms with Crippen molar-refractivity contribution in [1.82, 2.24) is 10.2 Å². The number of hydrogen-bond acceptors (Lipinski definition) is 4. The minimum atomic E-state index is -0.748. The molecule has 2 saturated heterocycles. The number of ether oxygens (including phenoxy) is 1. The van der Waals surface area contributed by atoms with E-state index < -0.39 is 5.41 Å². The summed E-state index contributed by atoms with van der Waals surface area (Å²) in [5.74, 6) is 0.859. The van der Waals surface area contributed by atoms with Gasteiger partial charge in [0.1, 0.15) is 5.75 Å². The highest BCUT2D eigenvalue weighted by Gasteiger charge is 2.42. The summed E-state index contributed by atoms with van der Waals surface area (Å²) in [5, 5.41) is 2.33. The summed E-state index contributed by atoms with van der Waals surface area (Å²) in [6.45, 7) is 3.18. The molecule has 0 radical (unpaired) electrons. The Balaban J connectivity index is 1.52. The SMILES string of the molecule is COc1ccccc1C1CCN(C(=O)CCC2(C)CC(=O)NC2=O)CC1. The number of benzene rings is 1. The second kappa shape index (κ2) is 7.48. The molecular weight excluding hydrogens is 332 g/mol. The molecule has 2 aliphatic heterocycles. The standard InChI is InChI=1S/C20H26N2O4/c1-20(13-17(23)21-19(20)25)10-7-18(24)22-11-8-14(9-12-22)15-5-3-4-6-16(15)26-2/h3-6,14H,7-13H2,1-2H3,(H,21,23,25). The molecule has 26 heavy (non-hydrogen) atoms. The van der Waals surface area contributed by atoms with Crippen molar-refractivity contribution >= 4 is 17.7 Å². The van der Waals surface area contributed by atoms with Gasteiger partial charge in [0.05, 0.1) is 12.5 Å². The smallest absolute Gasteiger partial charge is 0.233 e. The van der Waals surface area contributed by atoms with Gasteiger partial charge in [0.15, 0.2) is 0 Å². The molecule has 0 aromatic heterocycles. The Hall–Kier alpha value is -2.37. The fourth-order valence-electron chi connectivity index (χ4n) is 3.94. The fourth-order valence-corrected chi connectivity index (χ4v) is 3.94. The number of imide groups is 1. The maximum absolute atomic E-state index is 12.5. The molecule has 6 nitrogen and oxygen atoms in total. The predicted molar refractivity (Wildman–Crippen MR) is 96.7 cm³/mol. The zero-order valence-electron chi connectivity index (χ0n) is 15.4. The number of methoxy groups -OCH3 is 1. The monoisotopic (exact) mass is 358 g/mol. The third kappa shape index (κ3) is 3.74. The summed E-state index contributed by atoms with van der Waals surface area (Å²) in [6.07, 6.45) is 2.70. The first-order valence-corrected chi connectivity index (χ1v) is 9.18. The van der Waals surface area contributed by atoms with E-state index in [1.54, 1.807) is 14.0 Å². The van der Waals surface area contributed by atoms with E-state index in [1.165, 1.54) is 5.56 Å². The lowest BCUT2D eigenvalue weighted by atomic mass is 9.83. The van der Waals surface area contributed by atoms with Gasteiger partial charge in [-0.2, -0.15) is 0 Å².